The summed E-state index contributed by atoms with van der Waals surface area (Å²) >= 11 is 0. The molecule has 0 aliphatic carbocycles. The van der Waals surface area contributed by atoms with Gasteiger partial charge in [-0.15, -0.1) is 0 Å². The Morgan fingerprint density at radius 1 is 1.04 bits per heavy atom. The molecule has 0 unspecified atom stereocenters. The van der Waals surface area contributed by atoms with Crippen LogP contribution in [0, 0.1) is 0 Å². The van der Waals surface area contributed by atoms with Gasteiger partial charge in [-0.05, 0) is 42.0 Å². The Labute approximate surface area is 163 Å². The van der Waals surface area contributed by atoms with Gasteiger partial charge in [-0.2, -0.15) is 0 Å². The Balaban J connectivity index is 1.67. The number of para-hydroxylation sites is 1. The Kier molecular flexibility index (Phi) is 4.97. The van der Waals surface area contributed by atoms with E-state index in [4.69, 9.17) is 9.72 Å². The predicted molar refractivity (Wildman–Crippen MR) is 109 cm³/mol. The first-order valence-electron chi connectivity index (χ1n) is 8.96. The van der Waals surface area contributed by atoms with E-state index in [0.717, 1.165) is 33.5 Å². The summed E-state index contributed by atoms with van der Waals surface area (Å²) in [4.78, 5) is 21.8. The highest BCUT2D eigenvalue weighted by Gasteiger charge is 2.14. The van der Waals surface area contributed by atoms with Gasteiger partial charge in [0.15, 0.2) is 0 Å². The first-order valence-corrected chi connectivity index (χ1v) is 8.96. The van der Waals surface area contributed by atoms with E-state index in [1.165, 1.54) is 0 Å². The largest absolute Gasteiger partial charge is 0.497 e. The van der Waals surface area contributed by atoms with Crippen LogP contribution in [0.25, 0.3) is 22.2 Å². The van der Waals surface area contributed by atoms with Crippen LogP contribution in [0.5, 0.6) is 5.75 Å². The quantitative estimate of drug-likeness (QED) is 0.572. The Morgan fingerprint density at radius 3 is 2.75 bits per heavy atom. The molecule has 1 N–H and O–H groups in total. The van der Waals surface area contributed by atoms with Crippen molar-refractivity contribution in [2.45, 2.75) is 6.54 Å². The molecule has 138 valence electrons. The number of amides is 1. The van der Waals surface area contributed by atoms with Crippen molar-refractivity contribution in [3.05, 3.63) is 90.3 Å². The minimum absolute atomic E-state index is 0.147. The molecule has 2 aromatic heterocycles. The van der Waals surface area contributed by atoms with Crippen LogP contribution in [0.2, 0.25) is 0 Å². The maximum atomic E-state index is 13.0. The normalized spacial score (nSPS) is 10.6. The molecular weight excluding hydrogens is 350 g/mol. The van der Waals surface area contributed by atoms with Gasteiger partial charge in [0.1, 0.15) is 5.75 Å². The highest BCUT2D eigenvalue weighted by Crippen LogP contribution is 2.24. The van der Waals surface area contributed by atoms with E-state index in [0.29, 0.717) is 12.1 Å². The number of benzene rings is 2. The summed E-state index contributed by atoms with van der Waals surface area (Å²) in [7, 11) is 1.63. The molecule has 28 heavy (non-hydrogen) atoms. The number of carbonyl (C=O) groups is 1. The van der Waals surface area contributed by atoms with Gasteiger partial charge in [-0.1, -0.05) is 30.3 Å². The highest BCUT2D eigenvalue weighted by atomic mass is 16.5. The standard InChI is InChI=1S/C23H19N3O2/c1-28-18-8-4-6-16(12-18)14-25-23(27)20-13-22(17-7-5-11-24-15-17)26-21-10-3-2-9-19(20)21/h2-13,15H,14H2,1H3,(H,25,27). The van der Waals surface area contributed by atoms with Gasteiger partial charge in [-0.3, -0.25) is 9.78 Å². The first-order chi connectivity index (χ1) is 13.7. The smallest absolute Gasteiger partial charge is 0.252 e. The SMILES string of the molecule is COc1cccc(CNC(=O)c2cc(-c3cccnc3)nc3ccccc23)c1. The van der Waals surface area contributed by atoms with Crippen molar-refractivity contribution in [1.29, 1.82) is 0 Å². The van der Waals surface area contributed by atoms with Crippen LogP contribution in [0.1, 0.15) is 15.9 Å². The zero-order valence-electron chi connectivity index (χ0n) is 15.4. The van der Waals surface area contributed by atoms with Crippen molar-refractivity contribution < 1.29 is 9.53 Å². The van der Waals surface area contributed by atoms with E-state index in [2.05, 4.69) is 10.3 Å². The molecule has 2 heterocycles. The van der Waals surface area contributed by atoms with Crippen LogP contribution >= 0.6 is 0 Å². The van der Waals surface area contributed by atoms with E-state index in [-0.39, 0.29) is 5.91 Å². The molecule has 0 fully saturated rings. The number of hydrogen-bond donors (Lipinski definition) is 1. The van der Waals surface area contributed by atoms with Crippen molar-refractivity contribution in [3.8, 4) is 17.0 Å². The third-order valence-electron chi connectivity index (χ3n) is 4.51. The van der Waals surface area contributed by atoms with Crippen LogP contribution in [0.15, 0.2) is 79.1 Å². The lowest BCUT2D eigenvalue weighted by Gasteiger charge is -2.11. The molecule has 4 aromatic rings. The highest BCUT2D eigenvalue weighted by molar-refractivity contribution is 6.07. The number of hydrogen-bond acceptors (Lipinski definition) is 4. The van der Waals surface area contributed by atoms with Crippen molar-refractivity contribution in [2.24, 2.45) is 0 Å². The lowest BCUT2D eigenvalue weighted by molar-refractivity contribution is 0.0952. The van der Waals surface area contributed by atoms with E-state index >= 15 is 0 Å². The maximum Gasteiger partial charge on any atom is 0.252 e. The fraction of sp³-hybridized carbons (Fsp3) is 0.0870. The van der Waals surface area contributed by atoms with E-state index in [9.17, 15) is 4.79 Å². The van der Waals surface area contributed by atoms with Gasteiger partial charge in [0.05, 0.1) is 23.9 Å². The number of pyridine rings is 2. The molecule has 0 atom stereocenters. The lowest BCUT2D eigenvalue weighted by Crippen LogP contribution is -2.23. The first kappa shape index (κ1) is 17.7. The number of carbonyl (C=O) groups excluding carboxylic acids is 1. The van der Waals surface area contributed by atoms with Gasteiger partial charge >= 0.3 is 0 Å². The fourth-order valence-corrected chi connectivity index (χ4v) is 3.09. The molecule has 0 radical (unpaired) electrons. The molecule has 1 amide bonds. The second-order valence-corrected chi connectivity index (χ2v) is 6.35. The zero-order valence-corrected chi connectivity index (χ0v) is 15.4. The van der Waals surface area contributed by atoms with E-state index in [1.54, 1.807) is 19.5 Å². The second-order valence-electron chi connectivity index (χ2n) is 6.35. The Hall–Kier alpha value is -3.73. The van der Waals surface area contributed by atoms with Crippen molar-refractivity contribution in [1.82, 2.24) is 15.3 Å². The van der Waals surface area contributed by atoms with Gasteiger partial charge in [0.25, 0.3) is 5.91 Å². The van der Waals surface area contributed by atoms with Crippen molar-refractivity contribution in [3.63, 3.8) is 0 Å². The number of nitrogens with zero attached hydrogens (tertiary/aromatic N) is 2. The topological polar surface area (TPSA) is 64.1 Å². The number of fused-ring (bicyclic) bond motifs is 1. The molecule has 0 aliphatic heterocycles. The van der Waals surface area contributed by atoms with E-state index in [1.807, 2.05) is 66.7 Å². The lowest BCUT2D eigenvalue weighted by atomic mass is 10.0. The van der Waals surface area contributed by atoms with Gasteiger partial charge < -0.3 is 10.1 Å². The van der Waals surface area contributed by atoms with Crippen LogP contribution in [0.4, 0.5) is 0 Å². The number of rotatable bonds is 5. The minimum atomic E-state index is -0.147. The predicted octanol–water partition coefficient (Wildman–Crippen LogP) is 4.24. The molecule has 5 nitrogen and oxygen atoms in total. The van der Waals surface area contributed by atoms with E-state index < -0.39 is 0 Å². The molecule has 4 rings (SSSR count). The molecule has 5 heteroatoms. The third kappa shape index (κ3) is 3.69. The van der Waals surface area contributed by atoms with Crippen LogP contribution in [-0.2, 0) is 6.54 Å². The molecule has 0 saturated heterocycles. The second kappa shape index (κ2) is 7.88. The zero-order chi connectivity index (χ0) is 19.3. The summed E-state index contributed by atoms with van der Waals surface area (Å²) in [5.41, 5.74) is 3.93. The summed E-state index contributed by atoms with van der Waals surface area (Å²) in [5, 5.41) is 3.82. The van der Waals surface area contributed by atoms with Gasteiger partial charge in [0.2, 0.25) is 0 Å². The molecule has 0 spiro atoms. The number of aromatic nitrogens is 2. The number of ether oxygens (including phenoxy) is 1. The summed E-state index contributed by atoms with van der Waals surface area (Å²) in [5.74, 6) is 0.617. The summed E-state index contributed by atoms with van der Waals surface area (Å²) in [6.07, 6.45) is 3.46. The molecule has 0 aliphatic rings. The number of methoxy groups -OCH3 is 1. The number of nitrogens with one attached hydrogen (secondary N) is 1. The molecular formula is C23H19N3O2. The van der Waals surface area contributed by atoms with Gasteiger partial charge in [0, 0.05) is 29.9 Å². The van der Waals surface area contributed by atoms with Crippen LogP contribution < -0.4 is 10.1 Å². The Morgan fingerprint density at radius 2 is 1.93 bits per heavy atom. The average Bonchev–Trinajstić information content (AvgIpc) is 2.77. The monoisotopic (exact) mass is 369 g/mol. The summed E-state index contributed by atoms with van der Waals surface area (Å²) < 4.78 is 5.24. The molecule has 2 aromatic carbocycles. The molecule has 0 bridgehead atoms. The van der Waals surface area contributed by atoms with Crippen LogP contribution in [0.3, 0.4) is 0 Å². The molecule has 0 saturated carbocycles. The summed E-state index contributed by atoms with van der Waals surface area (Å²) in [6, 6.07) is 20.9. The van der Waals surface area contributed by atoms with Crippen molar-refractivity contribution >= 4 is 16.8 Å². The van der Waals surface area contributed by atoms with Crippen LogP contribution in [-0.4, -0.2) is 23.0 Å². The fourth-order valence-electron chi connectivity index (χ4n) is 3.09. The third-order valence-corrected chi connectivity index (χ3v) is 4.51. The minimum Gasteiger partial charge on any atom is -0.497 e. The Bertz CT molecular complexity index is 1130. The van der Waals surface area contributed by atoms with Gasteiger partial charge in [-0.25, -0.2) is 4.98 Å². The van der Waals surface area contributed by atoms with Crippen molar-refractivity contribution in [2.75, 3.05) is 7.11 Å². The average molecular weight is 369 g/mol. The maximum absolute atomic E-state index is 13.0. The summed E-state index contributed by atoms with van der Waals surface area (Å²) in [6.45, 7) is 0.412.